The third-order valence-corrected chi connectivity index (χ3v) is 4.20. The van der Waals surface area contributed by atoms with Gasteiger partial charge in [-0.25, -0.2) is 4.98 Å². The molecule has 0 bridgehead atoms. The summed E-state index contributed by atoms with van der Waals surface area (Å²) in [5.74, 6) is 1.18. The lowest BCUT2D eigenvalue weighted by atomic mass is 9.98. The van der Waals surface area contributed by atoms with Crippen LogP contribution >= 0.6 is 0 Å². The third-order valence-electron chi connectivity index (χ3n) is 4.20. The summed E-state index contributed by atoms with van der Waals surface area (Å²) >= 11 is 0. The molecule has 0 aliphatic rings. The minimum absolute atomic E-state index is 0.292. The molecule has 1 heterocycles. The normalized spacial score (nSPS) is 14.1. The Kier molecular flexibility index (Phi) is 5.57. The first-order valence-electron chi connectivity index (χ1n) is 7.99. The Morgan fingerprint density at radius 1 is 1.19 bits per heavy atom. The van der Waals surface area contributed by atoms with Gasteiger partial charge >= 0.3 is 0 Å². The quantitative estimate of drug-likeness (QED) is 0.835. The van der Waals surface area contributed by atoms with E-state index in [1.807, 2.05) is 13.2 Å². The number of benzene rings is 1. The molecule has 0 radical (unpaired) electrons. The second-order valence-corrected chi connectivity index (χ2v) is 5.60. The van der Waals surface area contributed by atoms with Gasteiger partial charge in [0.15, 0.2) is 0 Å². The van der Waals surface area contributed by atoms with Crippen molar-refractivity contribution in [3.8, 4) is 0 Å². The van der Waals surface area contributed by atoms with Crippen LogP contribution in [0.5, 0.6) is 0 Å². The van der Waals surface area contributed by atoms with Gasteiger partial charge in [0, 0.05) is 18.8 Å². The molecule has 0 spiro atoms. The van der Waals surface area contributed by atoms with E-state index >= 15 is 0 Å². The van der Waals surface area contributed by atoms with E-state index in [0.717, 1.165) is 19.3 Å². The van der Waals surface area contributed by atoms with Crippen LogP contribution in [0, 0.1) is 0 Å². The van der Waals surface area contributed by atoms with Crippen molar-refractivity contribution < 1.29 is 0 Å². The molecule has 114 valence electrons. The average molecular weight is 285 g/mol. The van der Waals surface area contributed by atoms with Crippen molar-refractivity contribution in [1.29, 1.82) is 0 Å². The topological polar surface area (TPSA) is 29.9 Å². The van der Waals surface area contributed by atoms with Gasteiger partial charge in [-0.2, -0.15) is 0 Å². The van der Waals surface area contributed by atoms with Crippen molar-refractivity contribution in [2.45, 2.75) is 52.1 Å². The van der Waals surface area contributed by atoms with E-state index in [1.54, 1.807) is 0 Å². The molecule has 2 atom stereocenters. The summed E-state index contributed by atoms with van der Waals surface area (Å²) in [6.07, 6.45) is 7.25. The number of aromatic nitrogens is 2. The minimum atomic E-state index is 0.292. The zero-order valence-corrected chi connectivity index (χ0v) is 13.6. The molecule has 0 aliphatic carbocycles. The van der Waals surface area contributed by atoms with E-state index in [4.69, 9.17) is 0 Å². The summed E-state index contributed by atoms with van der Waals surface area (Å²) in [7, 11) is 2.03. The summed E-state index contributed by atoms with van der Waals surface area (Å²) in [6.45, 7) is 6.65. The Balaban J connectivity index is 2.24. The maximum atomic E-state index is 4.50. The van der Waals surface area contributed by atoms with Crippen molar-refractivity contribution in [3.05, 3.63) is 53.6 Å². The Bertz CT molecular complexity index is 542. The number of nitrogens with one attached hydrogen (secondary N) is 1. The van der Waals surface area contributed by atoms with Crippen LogP contribution in [0.15, 0.2) is 36.7 Å². The van der Waals surface area contributed by atoms with E-state index < -0.39 is 0 Å². The molecule has 0 amide bonds. The highest BCUT2D eigenvalue weighted by molar-refractivity contribution is 5.26. The van der Waals surface area contributed by atoms with Gasteiger partial charge < -0.3 is 9.88 Å². The fourth-order valence-corrected chi connectivity index (χ4v) is 2.94. The third kappa shape index (κ3) is 3.53. The lowest BCUT2D eigenvalue weighted by Crippen LogP contribution is -2.26. The predicted octanol–water partition coefficient (Wildman–Crippen LogP) is 3.92. The zero-order valence-electron chi connectivity index (χ0n) is 13.6. The lowest BCUT2D eigenvalue weighted by molar-refractivity contribution is 0.390. The molecule has 1 N–H and O–H groups in total. The van der Waals surface area contributed by atoms with Crippen LogP contribution in [0.2, 0.25) is 0 Å². The average Bonchev–Trinajstić information content (AvgIpc) is 2.97. The number of hydrogen-bond donors (Lipinski definition) is 1. The maximum Gasteiger partial charge on any atom is 0.108 e. The summed E-state index contributed by atoms with van der Waals surface area (Å²) in [4.78, 5) is 4.50. The second-order valence-electron chi connectivity index (χ2n) is 5.60. The second kappa shape index (κ2) is 7.41. The van der Waals surface area contributed by atoms with Gasteiger partial charge in [0.05, 0.1) is 12.1 Å². The fraction of sp³-hybridized carbons (Fsp3) is 0.500. The number of rotatable bonds is 7. The highest BCUT2D eigenvalue weighted by Gasteiger charge is 2.20. The SMILES string of the molecule is CCCc1nccn1C(C)C(NC)c1ccc(CC)cc1. The summed E-state index contributed by atoms with van der Waals surface area (Å²) in [6, 6.07) is 9.58. The van der Waals surface area contributed by atoms with Crippen LogP contribution in [0.1, 0.15) is 56.2 Å². The molecular formula is C18H27N3. The Labute approximate surface area is 128 Å². The number of nitrogens with zero attached hydrogens (tertiary/aromatic N) is 2. The smallest absolute Gasteiger partial charge is 0.108 e. The van der Waals surface area contributed by atoms with Gasteiger partial charge in [-0.1, -0.05) is 38.1 Å². The largest absolute Gasteiger partial charge is 0.330 e. The first-order valence-corrected chi connectivity index (χ1v) is 7.99. The summed E-state index contributed by atoms with van der Waals surface area (Å²) in [5.41, 5.74) is 2.72. The number of likely N-dealkylation sites (N-methyl/N-ethyl adjacent to an activating group) is 1. The number of aryl methyl sites for hydroxylation is 2. The molecule has 1 aromatic carbocycles. The van der Waals surface area contributed by atoms with Crippen molar-refractivity contribution in [1.82, 2.24) is 14.9 Å². The standard InChI is InChI=1S/C18H27N3/c1-5-7-17-20-12-13-21(17)14(3)18(19-4)16-10-8-15(6-2)9-11-16/h8-14,18-19H,5-7H2,1-4H3. The maximum absolute atomic E-state index is 4.50. The van der Waals surface area contributed by atoms with E-state index in [2.05, 4.69) is 66.1 Å². The van der Waals surface area contributed by atoms with Crippen LogP contribution in [0.3, 0.4) is 0 Å². The van der Waals surface area contributed by atoms with Gasteiger partial charge in [-0.05, 0) is 37.9 Å². The van der Waals surface area contributed by atoms with Gasteiger partial charge in [-0.15, -0.1) is 0 Å². The molecule has 0 fully saturated rings. The molecule has 0 saturated carbocycles. The molecule has 2 unspecified atom stereocenters. The molecule has 3 heteroatoms. The Morgan fingerprint density at radius 2 is 1.90 bits per heavy atom. The molecule has 0 aliphatic heterocycles. The van der Waals surface area contributed by atoms with Gasteiger partial charge in [-0.3, -0.25) is 0 Å². The van der Waals surface area contributed by atoms with Gasteiger partial charge in [0.1, 0.15) is 5.82 Å². The monoisotopic (exact) mass is 285 g/mol. The molecule has 2 rings (SSSR count). The lowest BCUT2D eigenvalue weighted by Gasteiger charge is -2.27. The first kappa shape index (κ1) is 15.8. The highest BCUT2D eigenvalue weighted by atomic mass is 15.1. The van der Waals surface area contributed by atoms with E-state index in [-0.39, 0.29) is 0 Å². The first-order chi connectivity index (χ1) is 10.2. The highest BCUT2D eigenvalue weighted by Crippen LogP contribution is 2.27. The number of imidazole rings is 1. The molecule has 2 aromatic rings. The summed E-state index contributed by atoms with van der Waals surface area (Å²) < 4.78 is 2.30. The molecule has 1 aromatic heterocycles. The van der Waals surface area contributed by atoms with Crippen molar-refractivity contribution >= 4 is 0 Å². The summed E-state index contributed by atoms with van der Waals surface area (Å²) in [5, 5.41) is 3.46. The Hall–Kier alpha value is -1.61. The molecule has 21 heavy (non-hydrogen) atoms. The van der Waals surface area contributed by atoms with Crippen LogP contribution in [-0.4, -0.2) is 16.6 Å². The fourth-order valence-electron chi connectivity index (χ4n) is 2.94. The Morgan fingerprint density at radius 3 is 2.48 bits per heavy atom. The van der Waals surface area contributed by atoms with Crippen LogP contribution < -0.4 is 5.32 Å². The van der Waals surface area contributed by atoms with Gasteiger partial charge in [0.25, 0.3) is 0 Å². The molecular weight excluding hydrogens is 258 g/mol. The van der Waals surface area contributed by atoms with Gasteiger partial charge in [0.2, 0.25) is 0 Å². The van der Waals surface area contributed by atoms with Crippen LogP contribution in [0.4, 0.5) is 0 Å². The predicted molar refractivity (Wildman–Crippen MR) is 88.6 cm³/mol. The minimum Gasteiger partial charge on any atom is -0.330 e. The van der Waals surface area contributed by atoms with Crippen molar-refractivity contribution in [2.24, 2.45) is 0 Å². The van der Waals surface area contributed by atoms with E-state index in [1.165, 1.54) is 17.0 Å². The number of hydrogen-bond acceptors (Lipinski definition) is 2. The molecule has 0 saturated heterocycles. The zero-order chi connectivity index (χ0) is 15.2. The van der Waals surface area contributed by atoms with Crippen LogP contribution in [0.25, 0.3) is 0 Å². The molecule has 3 nitrogen and oxygen atoms in total. The van der Waals surface area contributed by atoms with Crippen molar-refractivity contribution in [2.75, 3.05) is 7.05 Å². The van der Waals surface area contributed by atoms with Crippen LogP contribution in [-0.2, 0) is 12.8 Å². The van der Waals surface area contributed by atoms with E-state index in [9.17, 15) is 0 Å². The van der Waals surface area contributed by atoms with E-state index in [0.29, 0.717) is 12.1 Å². The van der Waals surface area contributed by atoms with Crippen molar-refractivity contribution in [3.63, 3.8) is 0 Å².